The summed E-state index contributed by atoms with van der Waals surface area (Å²) in [6, 6.07) is 2.01. The summed E-state index contributed by atoms with van der Waals surface area (Å²) in [6.07, 6.45) is 5.99. The maximum Gasteiger partial charge on any atom is 0.239 e. The number of hydrogen-bond donors (Lipinski definition) is 1. The second-order valence-corrected chi connectivity index (χ2v) is 10.1. The first-order chi connectivity index (χ1) is 17.4. The average molecular weight is 495 g/mol. The highest BCUT2D eigenvalue weighted by Crippen LogP contribution is 2.32. The Bertz CT molecular complexity index is 1230. The van der Waals surface area contributed by atoms with Crippen LogP contribution in [0.1, 0.15) is 41.9 Å². The van der Waals surface area contributed by atoms with E-state index in [1.807, 2.05) is 31.9 Å². The van der Waals surface area contributed by atoms with Crippen molar-refractivity contribution in [3.8, 4) is 0 Å². The minimum atomic E-state index is -0.165. The Balaban J connectivity index is 1.14. The van der Waals surface area contributed by atoms with Crippen LogP contribution in [-0.4, -0.2) is 81.3 Å². The summed E-state index contributed by atoms with van der Waals surface area (Å²) in [5, 5.41) is 13.5. The van der Waals surface area contributed by atoms with Crippen LogP contribution in [0.15, 0.2) is 12.3 Å². The van der Waals surface area contributed by atoms with Crippen molar-refractivity contribution in [2.75, 3.05) is 44.8 Å². The number of nitrogens with one attached hydrogen (secondary N) is 1. The molecule has 1 N–H and O–H groups in total. The zero-order valence-electron chi connectivity index (χ0n) is 22.0. The van der Waals surface area contributed by atoms with E-state index in [1.54, 1.807) is 0 Å². The molecule has 5 heterocycles. The standard InChI is InChI=1S/C26H38N8O2/c1-18-14-23(20-15-28-32(4)25(20)29-18)33-11-8-22-21(16-33)19(2)30-34(22)10-7-5-6-9-27-26(35)24-17-36-13-12-31(24)3/h14-15,24H,5-13,16-17H2,1-4H3,(H,27,35). The van der Waals surface area contributed by atoms with Gasteiger partial charge in [0.2, 0.25) is 5.91 Å². The number of anilines is 1. The van der Waals surface area contributed by atoms with E-state index in [2.05, 4.69) is 42.9 Å². The lowest BCUT2D eigenvalue weighted by molar-refractivity contribution is -0.131. The summed E-state index contributed by atoms with van der Waals surface area (Å²) < 4.78 is 9.51. The van der Waals surface area contributed by atoms with Crippen molar-refractivity contribution in [1.29, 1.82) is 0 Å². The summed E-state index contributed by atoms with van der Waals surface area (Å²) >= 11 is 0. The molecule has 10 nitrogen and oxygen atoms in total. The largest absolute Gasteiger partial charge is 0.378 e. The summed E-state index contributed by atoms with van der Waals surface area (Å²) in [6.45, 7) is 9.61. The molecule has 0 saturated carbocycles. The molecule has 3 aromatic heterocycles. The molecule has 1 unspecified atom stereocenters. The van der Waals surface area contributed by atoms with Crippen LogP contribution >= 0.6 is 0 Å². The van der Waals surface area contributed by atoms with E-state index in [4.69, 9.17) is 9.84 Å². The number of unbranched alkanes of at least 4 members (excludes halogenated alkanes) is 2. The Labute approximate surface area is 212 Å². The van der Waals surface area contributed by atoms with Gasteiger partial charge in [0.05, 0.1) is 36.2 Å². The molecule has 0 radical (unpaired) electrons. The number of pyridine rings is 1. The van der Waals surface area contributed by atoms with Gasteiger partial charge < -0.3 is 15.0 Å². The molecule has 194 valence electrons. The lowest BCUT2D eigenvalue weighted by Crippen LogP contribution is -2.52. The first-order valence-electron chi connectivity index (χ1n) is 13.1. The Morgan fingerprint density at radius 1 is 1.19 bits per heavy atom. The zero-order valence-corrected chi connectivity index (χ0v) is 22.0. The molecule has 2 aliphatic heterocycles. The van der Waals surface area contributed by atoms with Gasteiger partial charge in [-0.25, -0.2) is 4.98 Å². The number of carbonyl (C=O) groups is 1. The molecule has 3 aromatic rings. The van der Waals surface area contributed by atoms with Gasteiger partial charge in [-0.3, -0.25) is 19.1 Å². The summed E-state index contributed by atoms with van der Waals surface area (Å²) in [5.74, 6) is 0.0754. The van der Waals surface area contributed by atoms with Crippen LogP contribution in [0.5, 0.6) is 0 Å². The van der Waals surface area contributed by atoms with Crippen molar-refractivity contribution < 1.29 is 9.53 Å². The van der Waals surface area contributed by atoms with Crippen LogP contribution in [0, 0.1) is 13.8 Å². The molecular formula is C26H38N8O2. The topological polar surface area (TPSA) is 93.3 Å². The second kappa shape index (κ2) is 10.6. The van der Waals surface area contributed by atoms with Crippen molar-refractivity contribution in [2.24, 2.45) is 7.05 Å². The van der Waals surface area contributed by atoms with Gasteiger partial charge in [0.1, 0.15) is 6.04 Å². The fourth-order valence-corrected chi connectivity index (χ4v) is 5.39. The number of fused-ring (bicyclic) bond motifs is 2. The number of carbonyl (C=O) groups excluding carboxylic acids is 1. The highest BCUT2D eigenvalue weighted by molar-refractivity contribution is 5.89. The highest BCUT2D eigenvalue weighted by atomic mass is 16.5. The third kappa shape index (κ3) is 4.97. The number of ether oxygens (including phenoxy) is 1. The quantitative estimate of drug-likeness (QED) is 0.479. The highest BCUT2D eigenvalue weighted by Gasteiger charge is 2.27. The number of nitrogens with zero attached hydrogens (tertiary/aromatic N) is 7. The molecule has 5 rings (SSSR count). The van der Waals surface area contributed by atoms with Crippen molar-refractivity contribution >= 4 is 22.6 Å². The predicted molar refractivity (Wildman–Crippen MR) is 139 cm³/mol. The normalized spacial score (nSPS) is 18.6. The molecule has 0 spiro atoms. The minimum absolute atomic E-state index is 0.0754. The van der Waals surface area contributed by atoms with E-state index in [9.17, 15) is 4.79 Å². The molecule has 1 atom stereocenters. The van der Waals surface area contributed by atoms with Crippen molar-refractivity contribution in [1.82, 2.24) is 34.8 Å². The third-order valence-corrected chi connectivity index (χ3v) is 7.53. The van der Waals surface area contributed by atoms with E-state index < -0.39 is 0 Å². The fraction of sp³-hybridized carbons (Fsp3) is 0.615. The van der Waals surface area contributed by atoms with Crippen LogP contribution in [0.25, 0.3) is 11.0 Å². The van der Waals surface area contributed by atoms with E-state index >= 15 is 0 Å². The SMILES string of the molecule is Cc1cc(N2CCc3c(c(C)nn3CCCCCNC(=O)C3COCCN3C)C2)c2cnn(C)c2n1. The maximum absolute atomic E-state index is 12.4. The monoisotopic (exact) mass is 494 g/mol. The molecule has 1 fully saturated rings. The molecule has 36 heavy (non-hydrogen) atoms. The van der Waals surface area contributed by atoms with E-state index in [-0.39, 0.29) is 11.9 Å². The maximum atomic E-state index is 12.4. The fourth-order valence-electron chi connectivity index (χ4n) is 5.39. The van der Waals surface area contributed by atoms with Crippen LogP contribution in [-0.2, 0) is 36.1 Å². The molecule has 0 aromatic carbocycles. The van der Waals surface area contributed by atoms with Gasteiger partial charge in [0, 0.05) is 63.1 Å². The number of morpholine rings is 1. The molecule has 0 aliphatic carbocycles. The van der Waals surface area contributed by atoms with E-state index in [1.165, 1.54) is 16.9 Å². The molecule has 1 saturated heterocycles. The molecular weight excluding hydrogens is 456 g/mol. The Kier molecular flexibility index (Phi) is 7.25. The smallest absolute Gasteiger partial charge is 0.239 e. The molecule has 10 heteroatoms. The number of likely N-dealkylation sites (N-methyl/N-ethyl adjacent to an activating group) is 1. The summed E-state index contributed by atoms with van der Waals surface area (Å²) in [7, 11) is 3.93. The predicted octanol–water partition coefficient (Wildman–Crippen LogP) is 1.96. The Morgan fingerprint density at radius 3 is 2.89 bits per heavy atom. The van der Waals surface area contributed by atoms with Crippen molar-refractivity contribution in [3.63, 3.8) is 0 Å². The second-order valence-electron chi connectivity index (χ2n) is 10.1. The van der Waals surface area contributed by atoms with Crippen molar-refractivity contribution in [3.05, 3.63) is 34.9 Å². The number of rotatable bonds is 8. The number of aromatic nitrogens is 5. The molecule has 0 bridgehead atoms. The van der Waals surface area contributed by atoms with Gasteiger partial charge in [-0.1, -0.05) is 0 Å². The summed E-state index contributed by atoms with van der Waals surface area (Å²) in [5.41, 5.74) is 6.97. The Hall–Kier alpha value is -2.98. The first kappa shape index (κ1) is 24.7. The lowest BCUT2D eigenvalue weighted by atomic mass is 10.0. The number of amides is 1. The van der Waals surface area contributed by atoms with Crippen LogP contribution < -0.4 is 10.2 Å². The van der Waals surface area contributed by atoms with Gasteiger partial charge in [0.15, 0.2) is 5.65 Å². The van der Waals surface area contributed by atoms with Gasteiger partial charge in [-0.2, -0.15) is 10.2 Å². The number of hydrogen-bond acceptors (Lipinski definition) is 7. The van der Waals surface area contributed by atoms with E-state index in [0.29, 0.717) is 19.8 Å². The van der Waals surface area contributed by atoms with Crippen LogP contribution in [0.3, 0.4) is 0 Å². The van der Waals surface area contributed by atoms with Gasteiger partial charge in [-0.15, -0.1) is 0 Å². The van der Waals surface area contributed by atoms with Crippen LogP contribution in [0.2, 0.25) is 0 Å². The van der Waals surface area contributed by atoms with Gasteiger partial charge in [-0.05, 0) is 46.2 Å². The van der Waals surface area contributed by atoms with E-state index in [0.717, 1.165) is 74.3 Å². The Morgan fingerprint density at radius 2 is 2.06 bits per heavy atom. The van der Waals surface area contributed by atoms with Gasteiger partial charge >= 0.3 is 0 Å². The third-order valence-electron chi connectivity index (χ3n) is 7.53. The summed E-state index contributed by atoms with van der Waals surface area (Å²) in [4.78, 5) is 21.6. The van der Waals surface area contributed by atoms with Crippen LogP contribution in [0.4, 0.5) is 5.69 Å². The minimum Gasteiger partial charge on any atom is -0.378 e. The molecule has 1 amide bonds. The molecule has 2 aliphatic rings. The zero-order chi connectivity index (χ0) is 25.2. The first-order valence-corrected chi connectivity index (χ1v) is 13.1. The average Bonchev–Trinajstić information content (AvgIpc) is 3.40. The number of aryl methyl sites for hydroxylation is 4. The van der Waals surface area contributed by atoms with Gasteiger partial charge in [0.25, 0.3) is 0 Å². The lowest BCUT2D eigenvalue weighted by Gasteiger charge is -2.31. The van der Waals surface area contributed by atoms with Crippen molar-refractivity contribution in [2.45, 2.75) is 58.7 Å².